The molecule has 0 bridgehead atoms. The molecule has 1 saturated heterocycles. The molecule has 0 spiro atoms. The molecule has 1 amide bonds. The number of benzene rings is 1. The summed E-state index contributed by atoms with van der Waals surface area (Å²) in [6.45, 7) is 5.98. The van der Waals surface area contributed by atoms with Crippen LogP contribution in [0, 0.1) is 17.2 Å². The predicted octanol–water partition coefficient (Wildman–Crippen LogP) is 0.209. The molecule has 1 aliphatic carbocycles. The van der Waals surface area contributed by atoms with Crippen LogP contribution in [0.3, 0.4) is 0 Å². The van der Waals surface area contributed by atoms with E-state index in [9.17, 15) is 10.1 Å². The molecule has 2 fully saturated rings. The zero-order chi connectivity index (χ0) is 17.9. The van der Waals surface area contributed by atoms with Gasteiger partial charge in [0.25, 0.3) is 5.91 Å². The van der Waals surface area contributed by atoms with Gasteiger partial charge in [0, 0.05) is 5.69 Å². The van der Waals surface area contributed by atoms with Gasteiger partial charge in [-0.1, -0.05) is 0 Å². The van der Waals surface area contributed by atoms with Crippen LogP contribution < -0.4 is 19.9 Å². The SMILES string of the molecule is COc1ccc(N2CC[NH+](CC(=O)N[C@@](C)(C#N)C3CC3)CC2)cc1. The number of carbonyl (C=O) groups is 1. The third-order valence-corrected chi connectivity index (χ3v) is 5.34. The van der Waals surface area contributed by atoms with Crippen molar-refractivity contribution in [3.05, 3.63) is 24.3 Å². The van der Waals surface area contributed by atoms with Gasteiger partial charge in [-0.25, -0.2) is 0 Å². The van der Waals surface area contributed by atoms with Gasteiger partial charge < -0.3 is 19.9 Å². The van der Waals surface area contributed by atoms with Crippen LogP contribution >= 0.6 is 0 Å². The second kappa shape index (κ2) is 7.32. The highest BCUT2D eigenvalue weighted by Crippen LogP contribution is 2.39. The number of hydrogen-bond donors (Lipinski definition) is 2. The minimum atomic E-state index is -0.693. The fraction of sp³-hybridized carbons (Fsp3) is 0.579. The average Bonchev–Trinajstić information content (AvgIpc) is 3.48. The molecule has 1 aliphatic heterocycles. The normalized spacial score (nSPS) is 20.4. The van der Waals surface area contributed by atoms with Gasteiger partial charge in [0.1, 0.15) is 11.3 Å². The van der Waals surface area contributed by atoms with Gasteiger partial charge in [-0.05, 0) is 49.9 Å². The lowest BCUT2D eigenvalue weighted by Gasteiger charge is -2.34. The van der Waals surface area contributed by atoms with E-state index in [-0.39, 0.29) is 5.91 Å². The number of methoxy groups -OCH3 is 1. The van der Waals surface area contributed by atoms with Crippen molar-refractivity contribution in [3.63, 3.8) is 0 Å². The molecule has 1 aromatic rings. The molecule has 2 aliphatic rings. The van der Waals surface area contributed by atoms with Crippen molar-refractivity contribution in [2.45, 2.75) is 25.3 Å². The number of nitriles is 1. The molecule has 0 aromatic heterocycles. The summed E-state index contributed by atoms with van der Waals surface area (Å²) in [7, 11) is 1.67. The van der Waals surface area contributed by atoms with Gasteiger partial charge in [-0.3, -0.25) is 4.79 Å². The van der Waals surface area contributed by atoms with E-state index >= 15 is 0 Å². The molecule has 6 nitrogen and oxygen atoms in total. The van der Waals surface area contributed by atoms with Crippen molar-refractivity contribution in [2.24, 2.45) is 5.92 Å². The van der Waals surface area contributed by atoms with Crippen molar-refractivity contribution in [2.75, 3.05) is 44.7 Å². The van der Waals surface area contributed by atoms with Gasteiger partial charge >= 0.3 is 0 Å². The summed E-state index contributed by atoms with van der Waals surface area (Å²) in [6, 6.07) is 10.4. The van der Waals surface area contributed by atoms with Crippen LogP contribution in [0.4, 0.5) is 5.69 Å². The van der Waals surface area contributed by atoms with Crippen molar-refractivity contribution in [1.29, 1.82) is 5.26 Å². The molecule has 1 heterocycles. The van der Waals surface area contributed by atoms with Crippen molar-refractivity contribution in [1.82, 2.24) is 5.32 Å². The summed E-state index contributed by atoms with van der Waals surface area (Å²) in [4.78, 5) is 15.9. The van der Waals surface area contributed by atoms with Gasteiger partial charge in [-0.2, -0.15) is 5.26 Å². The van der Waals surface area contributed by atoms with Crippen LogP contribution in [0.25, 0.3) is 0 Å². The molecule has 0 radical (unpaired) electrons. The molecule has 1 saturated carbocycles. The molecule has 3 rings (SSSR count). The number of ether oxygens (including phenoxy) is 1. The maximum Gasteiger partial charge on any atom is 0.276 e. The van der Waals surface area contributed by atoms with E-state index in [0.29, 0.717) is 12.5 Å². The second-order valence-electron chi connectivity index (χ2n) is 7.25. The summed E-state index contributed by atoms with van der Waals surface area (Å²) >= 11 is 0. The minimum Gasteiger partial charge on any atom is -0.497 e. The van der Waals surface area contributed by atoms with Gasteiger partial charge in [-0.15, -0.1) is 0 Å². The fourth-order valence-electron chi connectivity index (χ4n) is 3.49. The third kappa shape index (κ3) is 4.23. The first-order chi connectivity index (χ1) is 12.0. The summed E-state index contributed by atoms with van der Waals surface area (Å²) < 4.78 is 5.20. The fourth-order valence-corrected chi connectivity index (χ4v) is 3.49. The lowest BCUT2D eigenvalue weighted by Crippen LogP contribution is -3.16. The predicted molar refractivity (Wildman–Crippen MR) is 95.7 cm³/mol. The van der Waals surface area contributed by atoms with E-state index in [0.717, 1.165) is 44.8 Å². The number of amides is 1. The average molecular weight is 343 g/mol. The number of rotatable bonds is 6. The van der Waals surface area contributed by atoms with E-state index in [2.05, 4.69) is 28.4 Å². The van der Waals surface area contributed by atoms with E-state index in [4.69, 9.17) is 4.74 Å². The Hall–Kier alpha value is -2.26. The summed E-state index contributed by atoms with van der Waals surface area (Å²) in [5, 5.41) is 12.3. The maximum atomic E-state index is 12.3. The Morgan fingerprint density at radius 2 is 2.00 bits per heavy atom. The largest absolute Gasteiger partial charge is 0.497 e. The highest BCUT2D eigenvalue weighted by Gasteiger charge is 2.43. The third-order valence-electron chi connectivity index (χ3n) is 5.34. The number of quaternary nitrogens is 1. The standard InChI is InChI=1S/C19H26N4O2/c1-19(14-20,15-3-4-15)21-18(24)13-22-9-11-23(12-10-22)16-5-7-17(25-2)8-6-16/h5-8,15H,3-4,9-13H2,1-2H3,(H,21,24)/p+1/t19-/m0/s1. The molecular formula is C19H27N4O2+. The first kappa shape index (κ1) is 17.6. The van der Waals surface area contributed by atoms with Crippen LogP contribution in [-0.2, 0) is 4.79 Å². The maximum absolute atomic E-state index is 12.3. The molecule has 2 N–H and O–H groups in total. The Balaban J connectivity index is 1.47. The van der Waals surface area contributed by atoms with Crippen LogP contribution in [0.15, 0.2) is 24.3 Å². The van der Waals surface area contributed by atoms with Crippen LogP contribution in [0.2, 0.25) is 0 Å². The molecule has 0 unspecified atom stereocenters. The van der Waals surface area contributed by atoms with Gasteiger partial charge in [0.05, 0.1) is 39.4 Å². The summed E-state index contributed by atoms with van der Waals surface area (Å²) in [5.41, 5.74) is 0.497. The Labute approximate surface area is 149 Å². The Morgan fingerprint density at radius 3 is 2.52 bits per heavy atom. The second-order valence-corrected chi connectivity index (χ2v) is 7.25. The molecule has 25 heavy (non-hydrogen) atoms. The highest BCUT2D eigenvalue weighted by atomic mass is 16.5. The first-order valence-corrected chi connectivity index (χ1v) is 8.99. The van der Waals surface area contributed by atoms with Crippen LogP contribution in [0.5, 0.6) is 5.75 Å². The zero-order valence-electron chi connectivity index (χ0n) is 15.0. The summed E-state index contributed by atoms with van der Waals surface area (Å²) in [5.74, 6) is 1.17. The topological polar surface area (TPSA) is 69.8 Å². The Kier molecular flexibility index (Phi) is 5.14. The first-order valence-electron chi connectivity index (χ1n) is 8.99. The molecule has 1 aromatic carbocycles. The monoisotopic (exact) mass is 343 g/mol. The van der Waals surface area contributed by atoms with Gasteiger partial charge in [0.15, 0.2) is 6.54 Å². The molecule has 134 valence electrons. The van der Waals surface area contributed by atoms with Crippen LogP contribution in [0.1, 0.15) is 19.8 Å². The number of carbonyl (C=O) groups excluding carboxylic acids is 1. The number of nitrogens with zero attached hydrogens (tertiary/aromatic N) is 2. The lowest BCUT2D eigenvalue weighted by molar-refractivity contribution is -0.892. The van der Waals surface area contributed by atoms with Crippen molar-refractivity contribution < 1.29 is 14.4 Å². The molecular weight excluding hydrogens is 316 g/mol. The van der Waals surface area contributed by atoms with E-state index in [1.165, 1.54) is 10.6 Å². The van der Waals surface area contributed by atoms with Crippen molar-refractivity contribution in [3.8, 4) is 11.8 Å². The van der Waals surface area contributed by atoms with E-state index in [1.54, 1.807) is 7.11 Å². The van der Waals surface area contributed by atoms with Gasteiger partial charge in [0.2, 0.25) is 0 Å². The number of anilines is 1. The highest BCUT2D eigenvalue weighted by molar-refractivity contribution is 5.78. The van der Waals surface area contributed by atoms with Crippen molar-refractivity contribution >= 4 is 11.6 Å². The molecule has 1 atom stereocenters. The number of nitrogens with one attached hydrogen (secondary N) is 2. The van der Waals surface area contributed by atoms with Crippen LogP contribution in [-0.4, -0.2) is 51.3 Å². The van der Waals surface area contributed by atoms with E-state index in [1.807, 2.05) is 19.1 Å². The number of piperazine rings is 1. The van der Waals surface area contributed by atoms with E-state index < -0.39 is 5.54 Å². The molecule has 6 heteroatoms. The smallest absolute Gasteiger partial charge is 0.276 e. The quantitative estimate of drug-likeness (QED) is 0.775. The zero-order valence-corrected chi connectivity index (χ0v) is 15.0. The Bertz CT molecular complexity index is 642. The summed E-state index contributed by atoms with van der Waals surface area (Å²) in [6.07, 6.45) is 2.08. The Morgan fingerprint density at radius 1 is 1.36 bits per heavy atom. The lowest BCUT2D eigenvalue weighted by atomic mass is 9.98. The number of hydrogen-bond acceptors (Lipinski definition) is 4. The minimum absolute atomic E-state index is 0.0103.